The summed E-state index contributed by atoms with van der Waals surface area (Å²) in [4.78, 5) is 57.2. The molecule has 0 unspecified atom stereocenters. The third-order valence-corrected chi connectivity index (χ3v) is 8.91. The molecule has 8 nitrogen and oxygen atoms in total. The molecule has 2 atom stereocenters. The van der Waals surface area contributed by atoms with Crippen LogP contribution in [0.1, 0.15) is 78.8 Å². The zero-order valence-corrected chi connectivity index (χ0v) is 21.3. The van der Waals surface area contributed by atoms with Gasteiger partial charge < -0.3 is 15.1 Å². The van der Waals surface area contributed by atoms with Gasteiger partial charge in [-0.25, -0.2) is 4.79 Å². The molecule has 0 bridgehead atoms. The fourth-order valence-corrected chi connectivity index (χ4v) is 6.69. The van der Waals surface area contributed by atoms with Crippen LogP contribution in [0.3, 0.4) is 0 Å². The molecule has 0 saturated carbocycles. The van der Waals surface area contributed by atoms with E-state index in [-0.39, 0.29) is 29.5 Å². The largest absolute Gasteiger partial charge is 0.339 e. The van der Waals surface area contributed by atoms with Crippen LogP contribution in [0.5, 0.6) is 0 Å². The minimum absolute atomic E-state index is 0.00218. The van der Waals surface area contributed by atoms with Crippen molar-refractivity contribution >= 4 is 35.0 Å². The smallest absolute Gasteiger partial charge is 0.325 e. The second-order valence-corrected chi connectivity index (χ2v) is 10.9. The Labute approximate surface area is 205 Å². The lowest BCUT2D eigenvalue weighted by molar-refractivity contribution is -0.134. The molecule has 3 saturated heterocycles. The average molecular weight is 489 g/mol. The molecule has 0 radical (unpaired) electrons. The highest BCUT2D eigenvalue weighted by Crippen LogP contribution is 2.38. The van der Waals surface area contributed by atoms with Crippen LogP contribution < -0.4 is 5.32 Å². The number of imide groups is 1. The number of nitrogens with zero attached hydrogens (tertiary/aromatic N) is 3. The van der Waals surface area contributed by atoms with E-state index in [0.29, 0.717) is 55.4 Å². The minimum Gasteiger partial charge on any atom is -0.339 e. The van der Waals surface area contributed by atoms with Crippen molar-refractivity contribution in [3.63, 3.8) is 0 Å². The molecule has 1 N–H and O–H groups in total. The molecule has 0 aromatic carbocycles. The molecule has 4 rings (SSSR count). The van der Waals surface area contributed by atoms with Crippen LogP contribution in [0.4, 0.5) is 4.79 Å². The van der Waals surface area contributed by atoms with Crippen LogP contribution in [0.25, 0.3) is 0 Å². The van der Waals surface area contributed by atoms with Gasteiger partial charge in [-0.1, -0.05) is 13.3 Å². The van der Waals surface area contributed by atoms with Gasteiger partial charge in [0.2, 0.25) is 0 Å². The van der Waals surface area contributed by atoms with Gasteiger partial charge in [-0.05, 0) is 71.0 Å². The maximum Gasteiger partial charge on any atom is 0.325 e. The fourth-order valence-electron chi connectivity index (χ4n) is 5.91. The van der Waals surface area contributed by atoms with Crippen LogP contribution in [0, 0.1) is 5.92 Å². The van der Waals surface area contributed by atoms with Crippen molar-refractivity contribution in [2.45, 2.75) is 70.4 Å². The molecular formula is C25H36N4O4S. The highest BCUT2D eigenvalue weighted by Gasteiger charge is 2.55. The number of carbonyl (C=O) groups is 4. The molecule has 0 spiro atoms. The third-order valence-electron chi connectivity index (χ3n) is 7.88. The monoisotopic (exact) mass is 488 g/mol. The van der Waals surface area contributed by atoms with Crippen molar-refractivity contribution in [2.75, 3.05) is 33.2 Å². The van der Waals surface area contributed by atoms with Crippen LogP contribution in [-0.4, -0.2) is 83.1 Å². The number of Topliss-reactive ketones (excluding diaryl/α,β-unsaturated/α-hetero) is 1. The molecule has 9 heteroatoms. The first-order chi connectivity index (χ1) is 16.3. The number of likely N-dealkylation sites (tertiary alicyclic amines) is 2. The number of ketones is 1. The van der Waals surface area contributed by atoms with Crippen molar-refractivity contribution in [1.82, 2.24) is 20.0 Å². The molecular weight excluding hydrogens is 452 g/mol. The van der Waals surface area contributed by atoms with Crippen LogP contribution in [0.15, 0.2) is 11.4 Å². The van der Waals surface area contributed by atoms with E-state index in [2.05, 4.69) is 17.3 Å². The van der Waals surface area contributed by atoms with Gasteiger partial charge in [0.05, 0.1) is 10.4 Å². The topological polar surface area (TPSA) is 90.0 Å². The summed E-state index contributed by atoms with van der Waals surface area (Å²) in [7, 11) is 2.11. The van der Waals surface area contributed by atoms with Crippen LogP contribution in [-0.2, 0) is 4.79 Å². The molecule has 4 amide bonds. The van der Waals surface area contributed by atoms with E-state index >= 15 is 0 Å². The lowest BCUT2D eigenvalue weighted by atomic mass is 9.74. The highest BCUT2D eigenvalue weighted by molar-refractivity contribution is 7.12. The quantitative estimate of drug-likeness (QED) is 0.448. The number of carbonyl (C=O) groups excluding carboxylic acids is 4. The first-order valence-electron chi connectivity index (χ1n) is 12.5. The van der Waals surface area contributed by atoms with Crippen molar-refractivity contribution in [3.8, 4) is 0 Å². The lowest BCUT2D eigenvalue weighted by Crippen LogP contribution is -2.56. The summed E-state index contributed by atoms with van der Waals surface area (Å²) >= 11 is 1.29. The van der Waals surface area contributed by atoms with E-state index in [9.17, 15) is 19.2 Å². The van der Waals surface area contributed by atoms with Crippen molar-refractivity contribution in [2.24, 2.45) is 5.92 Å². The van der Waals surface area contributed by atoms with Gasteiger partial charge in [0.15, 0.2) is 5.78 Å². The average Bonchev–Trinajstić information content (AvgIpc) is 3.52. The number of amides is 4. The second-order valence-electron chi connectivity index (χ2n) is 10.00. The van der Waals surface area contributed by atoms with Gasteiger partial charge >= 0.3 is 6.03 Å². The summed E-state index contributed by atoms with van der Waals surface area (Å²) in [6, 6.07) is 1.82. The Kier molecular flexibility index (Phi) is 7.42. The zero-order valence-electron chi connectivity index (χ0n) is 20.5. The molecule has 3 fully saturated rings. The zero-order chi connectivity index (χ0) is 24.5. The van der Waals surface area contributed by atoms with E-state index in [1.54, 1.807) is 16.3 Å². The van der Waals surface area contributed by atoms with E-state index in [4.69, 9.17) is 0 Å². The summed E-state index contributed by atoms with van der Waals surface area (Å²) in [5, 5.41) is 4.84. The first kappa shape index (κ1) is 24.9. The minimum atomic E-state index is -0.868. The molecule has 3 aliphatic heterocycles. The van der Waals surface area contributed by atoms with Crippen LogP contribution >= 0.6 is 11.3 Å². The molecule has 1 aromatic heterocycles. The number of nitrogens with one attached hydrogen (secondary N) is 1. The normalized spacial score (nSPS) is 26.4. The van der Waals surface area contributed by atoms with E-state index in [0.717, 1.165) is 25.8 Å². The summed E-state index contributed by atoms with van der Waals surface area (Å²) in [6.45, 7) is 6.15. The predicted octanol–water partition coefficient (Wildman–Crippen LogP) is 3.38. The van der Waals surface area contributed by atoms with Gasteiger partial charge in [-0.2, -0.15) is 0 Å². The summed E-state index contributed by atoms with van der Waals surface area (Å²) in [5.41, 5.74) is -0.322. The summed E-state index contributed by atoms with van der Waals surface area (Å²) in [6.07, 6.45) is 5.84. The maximum absolute atomic E-state index is 13.6. The number of piperidine rings is 1. The van der Waals surface area contributed by atoms with Crippen LogP contribution in [0.2, 0.25) is 0 Å². The van der Waals surface area contributed by atoms with E-state index in [1.807, 2.05) is 6.92 Å². The van der Waals surface area contributed by atoms with E-state index < -0.39 is 5.54 Å². The molecule has 186 valence electrons. The molecule has 4 heterocycles. The Hall–Kier alpha value is -2.26. The van der Waals surface area contributed by atoms with Gasteiger partial charge in [0.1, 0.15) is 5.54 Å². The first-order valence-corrected chi connectivity index (χ1v) is 13.4. The molecule has 34 heavy (non-hydrogen) atoms. The van der Waals surface area contributed by atoms with Gasteiger partial charge in [0, 0.05) is 31.1 Å². The lowest BCUT2D eigenvalue weighted by Gasteiger charge is -2.41. The number of thiophene rings is 1. The molecule has 3 aliphatic rings. The second kappa shape index (κ2) is 10.2. The number of urea groups is 1. The van der Waals surface area contributed by atoms with Gasteiger partial charge in [0.25, 0.3) is 11.8 Å². The SMILES string of the molecule is CCC[C@@]1(C2CCN(C(=O)c3csc(C(C)=O)c3)CC2)NC(=O)N(CC[C@@H]2CCCN2C)C1=O. The fraction of sp³-hybridized carbons (Fsp3) is 0.680. The Balaban J connectivity index is 1.41. The Morgan fingerprint density at radius 1 is 1.18 bits per heavy atom. The van der Waals surface area contributed by atoms with Gasteiger partial charge in [-0.3, -0.25) is 19.3 Å². The Morgan fingerprint density at radius 3 is 2.50 bits per heavy atom. The summed E-state index contributed by atoms with van der Waals surface area (Å²) in [5.74, 6) is -0.198. The third kappa shape index (κ3) is 4.64. The molecule has 0 aliphatic carbocycles. The Morgan fingerprint density at radius 2 is 1.91 bits per heavy atom. The van der Waals surface area contributed by atoms with Crippen molar-refractivity contribution in [1.29, 1.82) is 0 Å². The molecule has 1 aromatic rings. The van der Waals surface area contributed by atoms with E-state index in [1.165, 1.54) is 29.6 Å². The highest BCUT2D eigenvalue weighted by atomic mass is 32.1. The van der Waals surface area contributed by atoms with Crippen molar-refractivity contribution in [3.05, 3.63) is 21.9 Å². The summed E-state index contributed by atoms with van der Waals surface area (Å²) < 4.78 is 0. The number of hydrogen-bond donors (Lipinski definition) is 1. The van der Waals surface area contributed by atoms with Crippen molar-refractivity contribution < 1.29 is 19.2 Å². The van der Waals surface area contributed by atoms with Gasteiger partial charge in [-0.15, -0.1) is 11.3 Å². The predicted molar refractivity (Wildman–Crippen MR) is 131 cm³/mol. The number of hydrogen-bond acceptors (Lipinski definition) is 6. The number of rotatable bonds is 8. The Bertz CT molecular complexity index is 954. The maximum atomic E-state index is 13.6. The standard InChI is InChI=1S/C25H36N4O4S/c1-4-10-25(23(32)29(24(33)26-25)14-9-20-6-5-11-27(20)3)19-7-12-28(13-8-19)22(31)18-15-21(17(2)30)34-16-18/h15-16,19-20H,4-14H2,1-3H3,(H,26,33)/t20-,25-/m0/s1.